The minimum absolute atomic E-state index is 0.00435. The topological polar surface area (TPSA) is 139 Å². The van der Waals surface area contributed by atoms with Crippen molar-refractivity contribution in [1.29, 1.82) is 5.26 Å². The van der Waals surface area contributed by atoms with E-state index in [1.54, 1.807) is 24.4 Å². The Morgan fingerprint density at radius 3 is 2.57 bits per heavy atom. The second-order valence-corrected chi connectivity index (χ2v) is 6.84. The highest BCUT2D eigenvalue weighted by atomic mass is 35.5. The van der Waals surface area contributed by atoms with E-state index in [-0.39, 0.29) is 32.5 Å². The molecule has 3 aromatic heterocycles. The van der Waals surface area contributed by atoms with E-state index in [0.717, 1.165) is 4.68 Å². The molecular weight excluding hydrogens is 457 g/mol. The van der Waals surface area contributed by atoms with Crippen molar-refractivity contribution in [3.8, 4) is 23.4 Å². The van der Waals surface area contributed by atoms with Crippen LogP contribution in [0.2, 0.25) is 15.2 Å². The van der Waals surface area contributed by atoms with E-state index in [1.165, 1.54) is 12.1 Å². The second-order valence-electron chi connectivity index (χ2n) is 5.67. The molecule has 1 N–H and O–H groups in total. The number of pyridine rings is 1. The largest absolute Gasteiger partial charge is 0.434 e. The number of nitrogens with zero attached hydrogens (tertiary/aromatic N) is 6. The van der Waals surface area contributed by atoms with Crippen LogP contribution >= 0.6 is 34.8 Å². The summed E-state index contributed by atoms with van der Waals surface area (Å²) in [5.41, 5.74) is -1.81. The Kier molecular flexibility index (Phi) is 5.09. The molecule has 0 amide bonds. The Morgan fingerprint density at radius 1 is 1.13 bits per heavy atom. The zero-order valence-corrected chi connectivity index (χ0v) is 16.7. The summed E-state index contributed by atoms with van der Waals surface area (Å²) in [6.45, 7) is 0. The van der Waals surface area contributed by atoms with Crippen LogP contribution in [0.15, 0.2) is 40.1 Å². The van der Waals surface area contributed by atoms with Gasteiger partial charge in [-0.05, 0) is 24.3 Å². The molecule has 1 aromatic carbocycles. The molecule has 0 fully saturated rings. The second kappa shape index (κ2) is 7.72. The number of aromatic nitrogens is 6. The summed E-state index contributed by atoms with van der Waals surface area (Å²) in [5, 5.41) is 20.9. The average Bonchev–Trinajstić information content (AvgIpc) is 2.72. The first-order valence-electron chi connectivity index (χ1n) is 7.97. The lowest BCUT2D eigenvalue weighted by Crippen LogP contribution is -2.33. The predicted octanol–water partition coefficient (Wildman–Crippen LogP) is 2.88. The Balaban J connectivity index is 1.81. The van der Waals surface area contributed by atoms with Crippen molar-refractivity contribution in [1.82, 2.24) is 29.9 Å². The first-order valence-corrected chi connectivity index (χ1v) is 9.10. The van der Waals surface area contributed by atoms with E-state index in [0.29, 0.717) is 10.9 Å². The molecule has 0 aliphatic rings. The molecule has 13 heteroatoms. The maximum absolute atomic E-state index is 12.1. The molecular formula is C17H6Cl3N7O3. The minimum atomic E-state index is -0.905. The number of hydrogen-bond donors (Lipinski definition) is 1. The number of aromatic amines is 1. The smallest absolute Gasteiger partial charge is 0.349 e. The number of fused-ring (bicyclic) bond motifs is 1. The monoisotopic (exact) mass is 461 g/mol. The van der Waals surface area contributed by atoms with Gasteiger partial charge in [0.15, 0.2) is 10.9 Å². The van der Waals surface area contributed by atoms with E-state index in [4.69, 9.17) is 44.8 Å². The van der Waals surface area contributed by atoms with Crippen molar-refractivity contribution in [2.45, 2.75) is 0 Å². The number of H-pyrrole nitrogens is 1. The number of halogens is 3. The Morgan fingerprint density at radius 2 is 1.87 bits per heavy atom. The molecule has 4 aromatic rings. The SMILES string of the molecule is N#Cc1nn(-c2cc(Cl)c(Oc3nnc(Cl)c4ncccc34)c(Cl)c2)c(=O)[nH]c1=O. The van der Waals surface area contributed by atoms with E-state index >= 15 is 0 Å². The van der Waals surface area contributed by atoms with Crippen molar-refractivity contribution < 1.29 is 4.74 Å². The van der Waals surface area contributed by atoms with Crippen LogP contribution in [0.3, 0.4) is 0 Å². The third-order valence-electron chi connectivity index (χ3n) is 3.82. The fourth-order valence-corrected chi connectivity index (χ4v) is 3.26. The summed E-state index contributed by atoms with van der Waals surface area (Å²) in [4.78, 5) is 29.7. The summed E-state index contributed by atoms with van der Waals surface area (Å²) < 4.78 is 6.52. The molecule has 0 bridgehead atoms. The fraction of sp³-hybridized carbons (Fsp3) is 0. The van der Waals surface area contributed by atoms with Crippen LogP contribution in [0.1, 0.15) is 5.69 Å². The van der Waals surface area contributed by atoms with Crippen molar-refractivity contribution in [2.75, 3.05) is 0 Å². The summed E-state index contributed by atoms with van der Waals surface area (Å²) in [7, 11) is 0. The van der Waals surface area contributed by atoms with Crippen LogP contribution in [0.5, 0.6) is 11.6 Å². The van der Waals surface area contributed by atoms with Crippen molar-refractivity contribution in [3.05, 3.63) is 72.2 Å². The summed E-state index contributed by atoms with van der Waals surface area (Å²) in [6.07, 6.45) is 1.54. The molecule has 0 saturated carbocycles. The van der Waals surface area contributed by atoms with Gasteiger partial charge in [0.05, 0.1) is 21.1 Å². The van der Waals surface area contributed by atoms with Gasteiger partial charge in [0, 0.05) is 6.20 Å². The Bertz CT molecular complexity index is 1450. The number of nitriles is 1. The Labute approximate surface area is 181 Å². The third kappa shape index (κ3) is 3.46. The van der Waals surface area contributed by atoms with Gasteiger partial charge >= 0.3 is 5.69 Å². The van der Waals surface area contributed by atoms with Gasteiger partial charge in [-0.2, -0.15) is 9.94 Å². The summed E-state index contributed by atoms with van der Waals surface area (Å²) >= 11 is 18.6. The van der Waals surface area contributed by atoms with E-state index in [1.807, 2.05) is 4.98 Å². The first-order chi connectivity index (χ1) is 14.4. The van der Waals surface area contributed by atoms with Gasteiger partial charge in [-0.15, -0.1) is 15.3 Å². The molecule has 4 rings (SSSR count). The molecule has 30 heavy (non-hydrogen) atoms. The maximum Gasteiger partial charge on any atom is 0.349 e. The van der Waals surface area contributed by atoms with E-state index < -0.39 is 16.9 Å². The lowest BCUT2D eigenvalue weighted by molar-refractivity contribution is 0.462. The lowest BCUT2D eigenvalue weighted by atomic mass is 10.3. The van der Waals surface area contributed by atoms with Crippen LogP contribution in [0, 0.1) is 11.3 Å². The maximum atomic E-state index is 12.1. The number of hydrogen-bond acceptors (Lipinski definition) is 8. The normalized spacial score (nSPS) is 10.7. The molecule has 0 atom stereocenters. The van der Waals surface area contributed by atoms with Gasteiger partial charge in [-0.3, -0.25) is 14.8 Å². The number of benzene rings is 1. The highest BCUT2D eigenvalue weighted by Gasteiger charge is 2.18. The molecule has 0 aliphatic heterocycles. The average molecular weight is 463 g/mol. The summed E-state index contributed by atoms with van der Waals surface area (Å²) in [5.74, 6) is 0.0898. The van der Waals surface area contributed by atoms with Gasteiger partial charge in [-0.25, -0.2) is 4.79 Å². The van der Waals surface area contributed by atoms with Gasteiger partial charge in [0.1, 0.15) is 11.6 Å². The standard InChI is InChI=1S/C17H6Cl3N7O3/c18-9-4-7(27-17(29)23-15(28)11(6-21)26-27)5-10(19)13(9)30-16-8-2-1-3-22-12(8)14(20)24-25-16/h1-5H,(H,23,28,29). The minimum Gasteiger partial charge on any atom is -0.434 e. The van der Waals surface area contributed by atoms with Crippen molar-refractivity contribution >= 4 is 45.7 Å². The first kappa shape index (κ1) is 19.8. The van der Waals surface area contributed by atoms with Gasteiger partial charge in [0.2, 0.25) is 11.6 Å². The predicted molar refractivity (Wildman–Crippen MR) is 108 cm³/mol. The van der Waals surface area contributed by atoms with Crippen LogP contribution in [0.4, 0.5) is 0 Å². The zero-order valence-electron chi connectivity index (χ0n) is 14.4. The zero-order chi connectivity index (χ0) is 21.4. The van der Waals surface area contributed by atoms with Crippen LogP contribution < -0.4 is 16.0 Å². The Hall–Kier alpha value is -3.52. The highest BCUT2D eigenvalue weighted by molar-refractivity contribution is 6.37. The van der Waals surface area contributed by atoms with Gasteiger partial charge in [-0.1, -0.05) is 34.8 Å². The molecule has 10 nitrogen and oxygen atoms in total. The molecule has 0 unspecified atom stereocenters. The van der Waals surface area contributed by atoms with Crippen molar-refractivity contribution in [2.24, 2.45) is 0 Å². The molecule has 3 heterocycles. The van der Waals surface area contributed by atoms with E-state index in [9.17, 15) is 9.59 Å². The molecule has 0 radical (unpaired) electrons. The van der Waals surface area contributed by atoms with Crippen LogP contribution in [-0.4, -0.2) is 29.9 Å². The molecule has 0 aliphatic carbocycles. The molecule has 0 spiro atoms. The van der Waals surface area contributed by atoms with Crippen molar-refractivity contribution in [3.63, 3.8) is 0 Å². The molecule has 0 saturated heterocycles. The number of ether oxygens (including phenoxy) is 1. The summed E-state index contributed by atoms with van der Waals surface area (Å²) in [6, 6.07) is 7.58. The van der Waals surface area contributed by atoms with Gasteiger partial charge in [0.25, 0.3) is 5.56 Å². The molecule has 148 valence electrons. The highest BCUT2D eigenvalue weighted by Crippen LogP contribution is 2.39. The third-order valence-corrected chi connectivity index (χ3v) is 4.64. The quantitative estimate of drug-likeness (QED) is 0.490. The van der Waals surface area contributed by atoms with Crippen LogP contribution in [-0.2, 0) is 0 Å². The fourth-order valence-electron chi connectivity index (χ4n) is 2.52. The van der Waals surface area contributed by atoms with Gasteiger partial charge < -0.3 is 4.74 Å². The van der Waals surface area contributed by atoms with E-state index in [2.05, 4.69) is 20.3 Å². The lowest BCUT2D eigenvalue weighted by Gasteiger charge is -2.12. The number of nitrogens with one attached hydrogen (secondary N) is 1. The van der Waals surface area contributed by atoms with Crippen LogP contribution in [0.25, 0.3) is 16.6 Å². The number of rotatable bonds is 3.